The second-order valence-electron chi connectivity index (χ2n) is 5.17. The van der Waals surface area contributed by atoms with E-state index in [9.17, 15) is 4.79 Å². The quantitative estimate of drug-likeness (QED) is 0.912. The number of carbonyl (C=O) groups excluding carboxylic acids is 1. The van der Waals surface area contributed by atoms with E-state index in [2.05, 4.69) is 29.4 Å². The van der Waals surface area contributed by atoms with Gasteiger partial charge in [0.1, 0.15) is 0 Å². The first-order valence-corrected chi connectivity index (χ1v) is 6.60. The van der Waals surface area contributed by atoms with Gasteiger partial charge in [-0.1, -0.05) is 37.3 Å². The topological polar surface area (TPSA) is 46.9 Å². The molecule has 1 saturated carbocycles. The Morgan fingerprint density at radius 2 is 2.16 bits per heavy atom. The van der Waals surface area contributed by atoms with Gasteiger partial charge >= 0.3 is 0 Å². The SMILES string of the molecule is C[C@@H]1C[C@@H]1C(=O)Nc1nccn1Cc1ccccc1. The van der Waals surface area contributed by atoms with Crippen LogP contribution < -0.4 is 5.32 Å². The van der Waals surface area contributed by atoms with Gasteiger partial charge in [-0.25, -0.2) is 4.98 Å². The van der Waals surface area contributed by atoms with Crippen molar-refractivity contribution < 1.29 is 4.79 Å². The lowest BCUT2D eigenvalue weighted by Gasteiger charge is -2.08. The van der Waals surface area contributed by atoms with Crippen molar-refractivity contribution in [1.29, 1.82) is 0 Å². The lowest BCUT2D eigenvalue weighted by Crippen LogP contribution is -2.18. The summed E-state index contributed by atoms with van der Waals surface area (Å²) in [6, 6.07) is 10.1. The summed E-state index contributed by atoms with van der Waals surface area (Å²) < 4.78 is 1.96. The van der Waals surface area contributed by atoms with E-state index in [1.165, 1.54) is 5.56 Å². The Bertz CT molecular complexity index is 576. The Kier molecular flexibility index (Phi) is 3.07. The first-order valence-electron chi connectivity index (χ1n) is 6.60. The van der Waals surface area contributed by atoms with Crippen molar-refractivity contribution in [3.05, 3.63) is 48.3 Å². The second kappa shape index (κ2) is 4.88. The van der Waals surface area contributed by atoms with Crippen molar-refractivity contribution >= 4 is 11.9 Å². The van der Waals surface area contributed by atoms with E-state index in [1.807, 2.05) is 29.0 Å². The van der Waals surface area contributed by atoms with E-state index in [1.54, 1.807) is 6.20 Å². The zero-order valence-electron chi connectivity index (χ0n) is 10.9. The van der Waals surface area contributed by atoms with E-state index in [0.717, 1.165) is 13.0 Å². The van der Waals surface area contributed by atoms with Gasteiger partial charge < -0.3 is 4.57 Å². The maximum absolute atomic E-state index is 11.9. The summed E-state index contributed by atoms with van der Waals surface area (Å²) in [5.41, 5.74) is 1.19. The first-order chi connectivity index (χ1) is 9.24. The summed E-state index contributed by atoms with van der Waals surface area (Å²) in [4.78, 5) is 16.1. The van der Waals surface area contributed by atoms with Crippen LogP contribution in [0.5, 0.6) is 0 Å². The number of amides is 1. The number of imidazole rings is 1. The minimum atomic E-state index is 0.0908. The molecular weight excluding hydrogens is 238 g/mol. The number of carbonyl (C=O) groups is 1. The van der Waals surface area contributed by atoms with Gasteiger partial charge in [-0.3, -0.25) is 10.1 Å². The summed E-state index contributed by atoms with van der Waals surface area (Å²) in [7, 11) is 0. The summed E-state index contributed by atoms with van der Waals surface area (Å²) in [5, 5.41) is 2.92. The van der Waals surface area contributed by atoms with Gasteiger partial charge in [0.15, 0.2) is 0 Å². The molecule has 98 valence electrons. The molecule has 3 rings (SSSR count). The highest BCUT2D eigenvalue weighted by atomic mass is 16.2. The summed E-state index contributed by atoms with van der Waals surface area (Å²) in [5.74, 6) is 1.40. The molecule has 0 saturated heterocycles. The monoisotopic (exact) mass is 255 g/mol. The summed E-state index contributed by atoms with van der Waals surface area (Å²) in [6.45, 7) is 2.82. The number of aromatic nitrogens is 2. The molecule has 0 bridgehead atoms. The number of hydrogen-bond donors (Lipinski definition) is 1. The number of nitrogens with one attached hydrogen (secondary N) is 1. The van der Waals surface area contributed by atoms with Crippen molar-refractivity contribution in [2.24, 2.45) is 11.8 Å². The van der Waals surface area contributed by atoms with Crippen LogP contribution in [0.1, 0.15) is 18.9 Å². The molecule has 1 amide bonds. The van der Waals surface area contributed by atoms with Crippen LogP contribution in [0.15, 0.2) is 42.7 Å². The molecule has 1 aromatic heterocycles. The van der Waals surface area contributed by atoms with Crippen LogP contribution in [0, 0.1) is 11.8 Å². The Labute approximate surface area is 112 Å². The van der Waals surface area contributed by atoms with E-state index >= 15 is 0 Å². The fraction of sp³-hybridized carbons (Fsp3) is 0.333. The van der Waals surface area contributed by atoms with Gasteiger partial charge in [-0.2, -0.15) is 0 Å². The summed E-state index contributed by atoms with van der Waals surface area (Å²) in [6.07, 6.45) is 4.60. The molecular formula is C15H17N3O. The van der Waals surface area contributed by atoms with Gasteiger partial charge in [0.25, 0.3) is 0 Å². The second-order valence-corrected chi connectivity index (χ2v) is 5.17. The van der Waals surface area contributed by atoms with Crippen LogP contribution >= 0.6 is 0 Å². The van der Waals surface area contributed by atoms with Crippen molar-refractivity contribution in [3.8, 4) is 0 Å². The minimum Gasteiger partial charge on any atom is -0.313 e. The fourth-order valence-corrected chi connectivity index (χ4v) is 2.23. The average molecular weight is 255 g/mol. The van der Waals surface area contributed by atoms with Crippen molar-refractivity contribution in [1.82, 2.24) is 9.55 Å². The number of hydrogen-bond acceptors (Lipinski definition) is 2. The highest BCUT2D eigenvalue weighted by Crippen LogP contribution is 2.38. The molecule has 4 heteroatoms. The predicted molar refractivity (Wildman–Crippen MR) is 73.7 cm³/mol. The summed E-state index contributed by atoms with van der Waals surface area (Å²) >= 11 is 0. The van der Waals surface area contributed by atoms with E-state index in [4.69, 9.17) is 0 Å². The molecule has 1 aliphatic rings. The van der Waals surface area contributed by atoms with Crippen molar-refractivity contribution in [3.63, 3.8) is 0 Å². The fourth-order valence-electron chi connectivity index (χ4n) is 2.23. The molecule has 19 heavy (non-hydrogen) atoms. The highest BCUT2D eigenvalue weighted by Gasteiger charge is 2.39. The maximum atomic E-state index is 11.9. The average Bonchev–Trinajstić information content (AvgIpc) is 3.00. The Morgan fingerprint density at radius 3 is 2.84 bits per heavy atom. The van der Waals surface area contributed by atoms with Gasteiger partial charge in [0, 0.05) is 18.3 Å². The van der Waals surface area contributed by atoms with Gasteiger partial charge in [0.2, 0.25) is 11.9 Å². The van der Waals surface area contributed by atoms with Crippen molar-refractivity contribution in [2.45, 2.75) is 19.9 Å². The third-order valence-corrected chi connectivity index (χ3v) is 3.59. The molecule has 1 heterocycles. The Hall–Kier alpha value is -2.10. The molecule has 0 aliphatic heterocycles. The molecule has 1 N–H and O–H groups in total. The van der Waals surface area contributed by atoms with E-state index in [0.29, 0.717) is 11.9 Å². The molecule has 4 nitrogen and oxygen atoms in total. The van der Waals surface area contributed by atoms with Crippen LogP contribution in [0.2, 0.25) is 0 Å². The molecule has 1 aromatic carbocycles. The van der Waals surface area contributed by atoms with Crippen LogP contribution in [-0.4, -0.2) is 15.5 Å². The molecule has 1 aliphatic carbocycles. The van der Waals surface area contributed by atoms with Gasteiger partial charge in [0.05, 0.1) is 6.54 Å². The number of anilines is 1. The van der Waals surface area contributed by atoms with Crippen LogP contribution in [-0.2, 0) is 11.3 Å². The highest BCUT2D eigenvalue weighted by molar-refractivity contribution is 5.93. The largest absolute Gasteiger partial charge is 0.313 e. The number of nitrogens with zero attached hydrogens (tertiary/aromatic N) is 2. The third kappa shape index (κ3) is 2.67. The van der Waals surface area contributed by atoms with E-state index < -0.39 is 0 Å². The van der Waals surface area contributed by atoms with Crippen LogP contribution in [0.3, 0.4) is 0 Å². The van der Waals surface area contributed by atoms with Gasteiger partial charge in [-0.15, -0.1) is 0 Å². The maximum Gasteiger partial charge on any atom is 0.230 e. The van der Waals surface area contributed by atoms with E-state index in [-0.39, 0.29) is 11.8 Å². The first kappa shape index (κ1) is 12.0. The molecule has 0 unspecified atom stereocenters. The molecule has 2 aromatic rings. The van der Waals surface area contributed by atoms with Crippen LogP contribution in [0.4, 0.5) is 5.95 Å². The Morgan fingerprint density at radius 1 is 1.42 bits per heavy atom. The predicted octanol–water partition coefficient (Wildman–Crippen LogP) is 2.53. The van der Waals surface area contributed by atoms with Crippen LogP contribution in [0.25, 0.3) is 0 Å². The zero-order chi connectivity index (χ0) is 13.2. The minimum absolute atomic E-state index is 0.0908. The molecule has 1 fully saturated rings. The lowest BCUT2D eigenvalue weighted by molar-refractivity contribution is -0.117. The normalized spacial score (nSPS) is 21.1. The van der Waals surface area contributed by atoms with Gasteiger partial charge in [-0.05, 0) is 17.9 Å². The zero-order valence-corrected chi connectivity index (χ0v) is 10.9. The van der Waals surface area contributed by atoms with Crippen molar-refractivity contribution in [2.75, 3.05) is 5.32 Å². The smallest absolute Gasteiger partial charge is 0.230 e. The molecule has 0 radical (unpaired) electrons. The standard InChI is InChI=1S/C15H17N3O/c1-11-9-13(11)14(19)17-15-16-7-8-18(15)10-12-5-3-2-4-6-12/h2-8,11,13H,9-10H2,1H3,(H,16,17,19)/t11-,13+/m1/s1. The molecule has 2 atom stereocenters. The number of benzene rings is 1. The number of rotatable bonds is 4. The Balaban J connectivity index is 1.70. The molecule has 0 spiro atoms. The lowest BCUT2D eigenvalue weighted by atomic mass is 10.2. The third-order valence-electron chi connectivity index (χ3n) is 3.59.